The summed E-state index contributed by atoms with van der Waals surface area (Å²) >= 11 is 4.54. The number of rotatable bonds is 4. The number of benzene rings is 2. The van der Waals surface area contributed by atoms with Gasteiger partial charge in [0.05, 0.1) is 15.9 Å². The van der Waals surface area contributed by atoms with Gasteiger partial charge in [-0.3, -0.25) is 4.72 Å². The van der Waals surface area contributed by atoms with Crippen molar-refractivity contribution in [3.8, 4) is 0 Å². The van der Waals surface area contributed by atoms with Crippen LogP contribution < -0.4 is 15.3 Å². The average Bonchev–Trinajstić information content (AvgIpc) is 3.18. The summed E-state index contributed by atoms with van der Waals surface area (Å²) in [5.74, 6) is -0.924. The molecule has 11 heteroatoms. The number of aromatic nitrogens is 1. The topological polar surface area (TPSA) is 101 Å². The van der Waals surface area contributed by atoms with Crippen LogP contribution in [0.15, 0.2) is 46.9 Å². The van der Waals surface area contributed by atoms with Crippen LogP contribution in [0.2, 0.25) is 0 Å². The van der Waals surface area contributed by atoms with Crippen LogP contribution in [0, 0.1) is 6.92 Å². The minimum Gasteiger partial charge on any atom is -0.347 e. The zero-order chi connectivity index (χ0) is 19.2. The lowest BCUT2D eigenvalue weighted by Crippen LogP contribution is -2.46. The van der Waals surface area contributed by atoms with E-state index in [2.05, 4.69) is 31.2 Å². The minimum atomic E-state index is -4.15. The van der Waals surface area contributed by atoms with E-state index in [0.717, 1.165) is 19.7 Å². The van der Waals surface area contributed by atoms with Gasteiger partial charge in [-0.25, -0.2) is 23.2 Å². The molecule has 1 aliphatic rings. The lowest BCUT2D eigenvalue weighted by Gasteiger charge is -2.21. The summed E-state index contributed by atoms with van der Waals surface area (Å²) < 4.78 is 29.8. The molecule has 3 aromatic rings. The Morgan fingerprint density at radius 3 is 2.74 bits per heavy atom. The van der Waals surface area contributed by atoms with Crippen LogP contribution in [-0.2, 0) is 19.7 Å². The van der Waals surface area contributed by atoms with Crippen molar-refractivity contribution in [1.82, 2.24) is 10.6 Å². The van der Waals surface area contributed by atoms with Crippen LogP contribution in [0.3, 0.4) is 0 Å². The van der Waals surface area contributed by atoms with Crippen LogP contribution in [-0.4, -0.2) is 24.7 Å². The monoisotopic (exact) mass is 468 g/mol. The van der Waals surface area contributed by atoms with Gasteiger partial charge in [0.2, 0.25) is 0 Å². The van der Waals surface area contributed by atoms with Gasteiger partial charge in [0.25, 0.3) is 15.4 Å². The first-order valence-corrected chi connectivity index (χ1v) is 10.9. The first kappa shape index (κ1) is 18.2. The number of hydrazine groups is 1. The molecule has 0 radical (unpaired) electrons. The lowest BCUT2D eigenvalue weighted by molar-refractivity contribution is -0.142. The molecule has 4 rings (SSSR count). The standard InChI is InChI=1S/C16H13BrN4O4S2/c1-9-2-5-11(6-3-9)21-14(15(22)25-20-21)27(23,24)19-16-18-12-7-4-10(17)8-13(12)26-16/h2-8,14,20H,1H3,(H,18,19). The molecule has 0 bridgehead atoms. The molecular formula is C16H13BrN4O4S2. The normalized spacial score (nSPS) is 17.3. The third kappa shape index (κ3) is 3.50. The molecule has 1 aromatic heterocycles. The number of hydrogen-bond acceptors (Lipinski definition) is 8. The first-order chi connectivity index (χ1) is 12.8. The first-order valence-electron chi connectivity index (χ1n) is 7.73. The number of halogens is 1. The summed E-state index contributed by atoms with van der Waals surface area (Å²) in [6, 6.07) is 12.4. The lowest BCUT2D eigenvalue weighted by atomic mass is 10.2. The van der Waals surface area contributed by atoms with E-state index in [1.807, 2.05) is 31.2 Å². The van der Waals surface area contributed by atoms with Gasteiger partial charge >= 0.3 is 5.97 Å². The van der Waals surface area contributed by atoms with Crippen LogP contribution in [0.5, 0.6) is 0 Å². The highest BCUT2D eigenvalue weighted by Gasteiger charge is 2.46. The molecule has 1 atom stereocenters. The van der Waals surface area contributed by atoms with Crippen LogP contribution in [0.4, 0.5) is 10.8 Å². The molecule has 0 spiro atoms. The Morgan fingerprint density at radius 2 is 2.00 bits per heavy atom. The maximum absolute atomic E-state index is 12.9. The SMILES string of the molecule is Cc1ccc(N2NOC(=O)C2S(=O)(=O)Nc2nc3ccc(Br)cc3s2)cc1. The second-order valence-electron chi connectivity index (χ2n) is 5.85. The Morgan fingerprint density at radius 1 is 1.26 bits per heavy atom. The summed E-state index contributed by atoms with van der Waals surface area (Å²) in [6.45, 7) is 1.91. The Kier molecular flexibility index (Phi) is 4.54. The zero-order valence-electron chi connectivity index (χ0n) is 13.8. The van der Waals surface area contributed by atoms with Crippen LogP contribution in [0.25, 0.3) is 10.2 Å². The van der Waals surface area contributed by atoms with Crippen molar-refractivity contribution in [2.75, 3.05) is 9.73 Å². The number of hydrogen-bond donors (Lipinski definition) is 2. The third-order valence-corrected chi connectivity index (χ3v) is 6.89. The molecule has 27 heavy (non-hydrogen) atoms. The maximum Gasteiger partial charge on any atom is 0.368 e. The van der Waals surface area contributed by atoms with E-state index in [4.69, 9.17) is 4.84 Å². The molecule has 0 amide bonds. The molecule has 8 nitrogen and oxygen atoms in total. The Balaban J connectivity index is 1.65. The Bertz CT molecular complexity index is 1130. The molecule has 140 valence electrons. The minimum absolute atomic E-state index is 0.173. The summed E-state index contributed by atoms with van der Waals surface area (Å²) in [7, 11) is -4.15. The number of anilines is 2. The van der Waals surface area contributed by atoms with E-state index < -0.39 is 21.4 Å². The Labute approximate surface area is 167 Å². The summed E-state index contributed by atoms with van der Waals surface area (Å²) in [4.78, 5) is 21.1. The van der Waals surface area contributed by atoms with Gasteiger partial charge in [0.1, 0.15) is 0 Å². The quantitative estimate of drug-likeness (QED) is 0.606. The fraction of sp³-hybridized carbons (Fsp3) is 0.125. The van der Waals surface area contributed by atoms with Crippen molar-refractivity contribution in [2.45, 2.75) is 12.3 Å². The molecule has 0 saturated carbocycles. The van der Waals surface area contributed by atoms with E-state index >= 15 is 0 Å². The highest BCUT2D eigenvalue weighted by Crippen LogP contribution is 2.30. The van der Waals surface area contributed by atoms with Gasteiger partial charge in [0.15, 0.2) is 5.13 Å². The van der Waals surface area contributed by atoms with Gasteiger partial charge in [-0.1, -0.05) is 50.6 Å². The molecule has 1 aliphatic heterocycles. The van der Waals surface area contributed by atoms with E-state index in [9.17, 15) is 13.2 Å². The van der Waals surface area contributed by atoms with Crippen molar-refractivity contribution in [1.29, 1.82) is 0 Å². The number of fused-ring (bicyclic) bond motifs is 1. The molecule has 1 saturated heterocycles. The number of nitrogens with zero attached hydrogens (tertiary/aromatic N) is 2. The number of carbonyl (C=O) groups is 1. The molecule has 2 N–H and O–H groups in total. The molecule has 1 unspecified atom stereocenters. The predicted octanol–water partition coefficient (Wildman–Crippen LogP) is 2.92. The summed E-state index contributed by atoms with van der Waals surface area (Å²) in [5, 5.41) is -0.251. The fourth-order valence-corrected chi connectivity index (χ4v) is 5.50. The van der Waals surface area contributed by atoms with Crippen molar-refractivity contribution in [3.05, 3.63) is 52.5 Å². The van der Waals surface area contributed by atoms with Gasteiger partial charge in [-0.05, 0) is 37.3 Å². The maximum atomic E-state index is 12.9. The third-order valence-electron chi connectivity index (χ3n) is 3.87. The highest BCUT2D eigenvalue weighted by molar-refractivity contribution is 9.10. The number of nitrogens with one attached hydrogen (secondary N) is 2. The largest absolute Gasteiger partial charge is 0.368 e. The molecule has 2 aromatic carbocycles. The van der Waals surface area contributed by atoms with Crippen molar-refractivity contribution < 1.29 is 18.0 Å². The fourth-order valence-electron chi connectivity index (χ4n) is 2.58. The van der Waals surface area contributed by atoms with E-state index in [0.29, 0.717) is 11.2 Å². The number of sulfonamides is 1. The smallest absolute Gasteiger partial charge is 0.347 e. The molecule has 0 aliphatic carbocycles. The Hall–Kier alpha value is -2.21. The van der Waals surface area contributed by atoms with Crippen molar-refractivity contribution in [3.63, 3.8) is 0 Å². The number of thiazole rings is 1. The predicted molar refractivity (Wildman–Crippen MR) is 107 cm³/mol. The van der Waals surface area contributed by atoms with Crippen LogP contribution >= 0.6 is 27.3 Å². The second kappa shape index (κ2) is 6.75. The van der Waals surface area contributed by atoms with Gasteiger partial charge in [-0.15, -0.1) is 0 Å². The van der Waals surface area contributed by atoms with Crippen LogP contribution in [0.1, 0.15) is 5.56 Å². The zero-order valence-corrected chi connectivity index (χ0v) is 17.1. The summed E-state index contributed by atoms with van der Waals surface area (Å²) in [6.07, 6.45) is 0. The van der Waals surface area contributed by atoms with Crippen molar-refractivity contribution >= 4 is 64.3 Å². The second-order valence-corrected chi connectivity index (χ2v) is 9.54. The van der Waals surface area contributed by atoms with E-state index in [-0.39, 0.29) is 5.13 Å². The van der Waals surface area contributed by atoms with Gasteiger partial charge in [0, 0.05) is 4.47 Å². The van der Waals surface area contributed by atoms with E-state index in [1.165, 1.54) is 11.3 Å². The van der Waals surface area contributed by atoms with E-state index in [1.54, 1.807) is 18.2 Å². The van der Waals surface area contributed by atoms with Gasteiger partial charge in [-0.2, -0.15) is 0 Å². The molecule has 1 fully saturated rings. The average molecular weight is 469 g/mol. The number of carbonyl (C=O) groups excluding carboxylic acids is 1. The highest BCUT2D eigenvalue weighted by atomic mass is 79.9. The molecular weight excluding hydrogens is 456 g/mol. The number of aryl methyl sites for hydroxylation is 1. The van der Waals surface area contributed by atoms with Gasteiger partial charge < -0.3 is 4.84 Å². The summed E-state index contributed by atoms with van der Waals surface area (Å²) in [5.41, 5.74) is 4.50. The van der Waals surface area contributed by atoms with Crippen molar-refractivity contribution in [2.24, 2.45) is 0 Å². The molecule has 2 heterocycles.